The molecule has 3 rings (SSSR count). The van der Waals surface area contributed by atoms with Crippen LogP contribution in [-0.2, 0) is 19.1 Å². The maximum absolute atomic E-state index is 12.3. The van der Waals surface area contributed by atoms with Crippen LogP contribution in [0.25, 0.3) is 0 Å². The molecule has 1 saturated heterocycles. The second-order valence-electron chi connectivity index (χ2n) is 12.2. The third-order valence-corrected chi connectivity index (χ3v) is 8.63. The van der Waals surface area contributed by atoms with Crippen molar-refractivity contribution in [2.75, 3.05) is 6.61 Å². The Hall–Kier alpha value is -1.52. The van der Waals surface area contributed by atoms with E-state index in [0.717, 1.165) is 6.42 Å². The van der Waals surface area contributed by atoms with E-state index in [2.05, 4.69) is 0 Å². The Morgan fingerprint density at radius 2 is 1.80 bits per heavy atom. The molecule has 1 aliphatic heterocycles. The number of rotatable bonds is 7. The number of carboxylic acid groups (broad SMARTS) is 1. The molecular weight excluding hydrogens is 456 g/mol. The van der Waals surface area contributed by atoms with Gasteiger partial charge in [-0.25, -0.2) is 0 Å². The zero-order valence-electron chi connectivity index (χ0n) is 21.5. The highest BCUT2D eigenvalue weighted by atomic mass is 16.6. The molecule has 5 N–H and O–H groups in total. The first kappa shape index (κ1) is 28.1. The van der Waals surface area contributed by atoms with Crippen LogP contribution in [0.5, 0.6) is 0 Å². The van der Waals surface area contributed by atoms with E-state index in [1.807, 2.05) is 13.8 Å². The number of epoxide rings is 1. The second-order valence-corrected chi connectivity index (χ2v) is 12.2. The van der Waals surface area contributed by atoms with Crippen molar-refractivity contribution >= 4 is 11.9 Å². The molecule has 1 saturated carbocycles. The molecule has 1 heterocycles. The Labute approximate surface area is 207 Å². The lowest BCUT2D eigenvalue weighted by atomic mass is 9.67. The highest BCUT2D eigenvalue weighted by molar-refractivity contribution is 5.73. The van der Waals surface area contributed by atoms with Gasteiger partial charge in [0.2, 0.25) is 0 Å². The van der Waals surface area contributed by atoms with Gasteiger partial charge >= 0.3 is 11.9 Å². The quantitative estimate of drug-likeness (QED) is 0.201. The molecule has 2 aliphatic carbocycles. The third kappa shape index (κ3) is 6.25. The van der Waals surface area contributed by atoms with Gasteiger partial charge in [0, 0.05) is 5.41 Å². The lowest BCUT2D eigenvalue weighted by Crippen LogP contribution is -2.43. The lowest BCUT2D eigenvalue weighted by Gasteiger charge is -2.40. The summed E-state index contributed by atoms with van der Waals surface area (Å²) in [5.41, 5.74) is -3.25. The number of hydrogen-bond acceptors (Lipinski definition) is 8. The summed E-state index contributed by atoms with van der Waals surface area (Å²) in [5.74, 6) is -2.05. The normalized spacial score (nSPS) is 40.8. The van der Waals surface area contributed by atoms with E-state index in [4.69, 9.17) is 14.6 Å². The number of aliphatic carboxylic acids is 1. The van der Waals surface area contributed by atoms with E-state index in [1.54, 1.807) is 19.9 Å². The minimum absolute atomic E-state index is 0.0409. The molecule has 0 bridgehead atoms. The van der Waals surface area contributed by atoms with E-state index in [-0.39, 0.29) is 24.5 Å². The maximum atomic E-state index is 12.3. The molecule has 2 fully saturated rings. The van der Waals surface area contributed by atoms with Gasteiger partial charge in [-0.2, -0.15) is 0 Å². The van der Waals surface area contributed by atoms with Crippen molar-refractivity contribution in [3.05, 3.63) is 11.6 Å². The molecule has 0 aromatic heterocycles. The van der Waals surface area contributed by atoms with E-state index in [9.17, 15) is 30.0 Å². The van der Waals surface area contributed by atoms with Gasteiger partial charge in [-0.15, -0.1) is 0 Å². The Kier molecular flexibility index (Phi) is 7.81. The highest BCUT2D eigenvalue weighted by Crippen LogP contribution is 2.58. The molecule has 0 spiro atoms. The topological polar surface area (TPSA) is 157 Å². The van der Waals surface area contributed by atoms with Crippen molar-refractivity contribution in [3.63, 3.8) is 0 Å². The van der Waals surface area contributed by atoms with E-state index >= 15 is 0 Å². The Bertz CT molecular complexity index is 844. The molecule has 3 aliphatic rings. The van der Waals surface area contributed by atoms with Gasteiger partial charge in [-0.1, -0.05) is 13.0 Å². The van der Waals surface area contributed by atoms with Crippen molar-refractivity contribution in [2.45, 2.75) is 115 Å². The van der Waals surface area contributed by atoms with E-state index in [1.165, 1.54) is 6.92 Å². The molecule has 8 atom stereocenters. The number of ether oxygens (including phenoxy) is 2. The SMILES string of the molecule is CC(C)(O)[C@@H]1CC[C@]2(C)[C@@H](O)/C=C(\COC(=O)C[C@@](C)(O)CC(=O)O)CC[C@@H](O)[C@@]3(C)O[C@@H]3C[C@@H]12. The number of fused-ring (bicyclic) bond motifs is 2. The first-order valence-corrected chi connectivity index (χ1v) is 12.5. The third-order valence-electron chi connectivity index (χ3n) is 8.63. The summed E-state index contributed by atoms with van der Waals surface area (Å²) in [5, 5.41) is 52.1. The van der Waals surface area contributed by atoms with Gasteiger partial charge in [0.1, 0.15) is 12.2 Å². The monoisotopic (exact) mass is 498 g/mol. The minimum Gasteiger partial charge on any atom is -0.481 e. The summed E-state index contributed by atoms with van der Waals surface area (Å²) < 4.78 is 11.3. The van der Waals surface area contributed by atoms with Crippen LogP contribution >= 0.6 is 0 Å². The van der Waals surface area contributed by atoms with Crippen LogP contribution in [0.3, 0.4) is 0 Å². The van der Waals surface area contributed by atoms with Gasteiger partial charge in [0.25, 0.3) is 0 Å². The summed E-state index contributed by atoms with van der Waals surface area (Å²) >= 11 is 0. The van der Waals surface area contributed by atoms with Crippen LogP contribution in [0.1, 0.15) is 79.6 Å². The minimum atomic E-state index is -1.73. The van der Waals surface area contributed by atoms with Crippen molar-refractivity contribution in [1.82, 2.24) is 0 Å². The van der Waals surface area contributed by atoms with Crippen LogP contribution in [-0.4, -0.2) is 79.2 Å². The second kappa shape index (κ2) is 9.74. The summed E-state index contributed by atoms with van der Waals surface area (Å²) in [6.07, 6.45) is 1.71. The molecule has 9 heteroatoms. The first-order valence-electron chi connectivity index (χ1n) is 12.5. The number of esters is 1. The zero-order valence-corrected chi connectivity index (χ0v) is 21.5. The van der Waals surface area contributed by atoms with E-state index in [0.29, 0.717) is 31.3 Å². The molecule has 0 aromatic carbocycles. The summed E-state index contributed by atoms with van der Waals surface area (Å²) in [4.78, 5) is 23.2. The number of carboxylic acids is 1. The lowest BCUT2D eigenvalue weighted by molar-refractivity contribution is -0.151. The molecule has 9 nitrogen and oxygen atoms in total. The first-order chi connectivity index (χ1) is 16.0. The van der Waals surface area contributed by atoms with Crippen molar-refractivity contribution in [2.24, 2.45) is 17.3 Å². The van der Waals surface area contributed by atoms with Crippen LogP contribution in [0, 0.1) is 17.3 Å². The smallest absolute Gasteiger partial charge is 0.309 e. The molecule has 0 amide bonds. The molecule has 0 radical (unpaired) electrons. The van der Waals surface area contributed by atoms with Crippen LogP contribution in [0.15, 0.2) is 11.6 Å². The Balaban J connectivity index is 1.81. The Morgan fingerprint density at radius 1 is 1.14 bits per heavy atom. The predicted molar refractivity (Wildman–Crippen MR) is 126 cm³/mol. The largest absolute Gasteiger partial charge is 0.481 e. The van der Waals surface area contributed by atoms with Crippen LogP contribution < -0.4 is 0 Å². The number of aliphatic hydroxyl groups is 4. The standard InChI is InChI=1S/C26H42O9/c1-23(2,32)16-8-9-25(4)17(16)11-20-26(5,35-20)18(27)7-6-15(10-19(25)28)14-34-22(31)13-24(3,33)12-21(29)30/h10,16-20,27-28,32-33H,6-9,11-14H2,1-5H3,(H,29,30)/b15-10-/t16-,17+,18-,19+,20-,24+,25+,26-/m1/s1. The molecule has 200 valence electrons. The number of hydrogen-bond donors (Lipinski definition) is 5. The van der Waals surface area contributed by atoms with Crippen molar-refractivity contribution < 1.29 is 44.6 Å². The van der Waals surface area contributed by atoms with Gasteiger partial charge in [-0.3, -0.25) is 9.59 Å². The van der Waals surface area contributed by atoms with Crippen LogP contribution in [0.4, 0.5) is 0 Å². The number of aliphatic hydroxyl groups excluding tert-OH is 2. The number of carbonyl (C=O) groups is 2. The molecular formula is C26H42O9. The van der Waals surface area contributed by atoms with Crippen LogP contribution in [0.2, 0.25) is 0 Å². The number of carbonyl (C=O) groups excluding carboxylic acids is 1. The van der Waals surface area contributed by atoms with Gasteiger partial charge < -0.3 is 35.0 Å². The van der Waals surface area contributed by atoms with Crippen molar-refractivity contribution in [3.8, 4) is 0 Å². The molecule has 0 aromatic rings. The average molecular weight is 499 g/mol. The van der Waals surface area contributed by atoms with Crippen molar-refractivity contribution in [1.29, 1.82) is 0 Å². The van der Waals surface area contributed by atoms with Gasteiger partial charge in [0.15, 0.2) is 0 Å². The van der Waals surface area contributed by atoms with Gasteiger partial charge in [-0.05, 0) is 77.2 Å². The fourth-order valence-electron chi connectivity index (χ4n) is 6.19. The molecule has 0 unspecified atom stereocenters. The predicted octanol–water partition coefficient (Wildman–Crippen LogP) is 1.94. The summed E-state index contributed by atoms with van der Waals surface area (Å²) in [7, 11) is 0. The highest BCUT2D eigenvalue weighted by Gasteiger charge is 2.62. The maximum Gasteiger partial charge on any atom is 0.309 e. The fraction of sp³-hybridized carbons (Fsp3) is 0.846. The Morgan fingerprint density at radius 3 is 2.40 bits per heavy atom. The van der Waals surface area contributed by atoms with Gasteiger partial charge in [0.05, 0.1) is 42.4 Å². The average Bonchev–Trinajstić information content (AvgIpc) is 3.22. The molecule has 35 heavy (non-hydrogen) atoms. The fourth-order valence-corrected chi connectivity index (χ4v) is 6.19. The zero-order chi connectivity index (χ0) is 26.4. The summed E-state index contributed by atoms with van der Waals surface area (Å²) in [6.45, 7) is 8.62. The summed E-state index contributed by atoms with van der Waals surface area (Å²) in [6, 6.07) is 0. The van der Waals surface area contributed by atoms with E-state index < -0.39 is 59.2 Å².